The fourth-order valence-corrected chi connectivity index (χ4v) is 3.33. The molecule has 1 saturated heterocycles. The number of carbonyl (C=O) groups excluding carboxylic acids is 2. The molecule has 1 fully saturated rings. The number of nitrogens with two attached hydrogens (primary N) is 1. The number of carbonyl (C=O) groups is 2. The van der Waals surface area contributed by atoms with E-state index in [4.69, 9.17) is 5.73 Å². The molecule has 0 spiro atoms. The molecule has 112 valence electrons. The Morgan fingerprint density at radius 3 is 2.57 bits per heavy atom. The maximum absolute atomic E-state index is 12.6. The van der Waals surface area contributed by atoms with Crippen molar-refractivity contribution in [2.24, 2.45) is 5.73 Å². The Balaban J connectivity index is 1.75. The second kappa shape index (κ2) is 5.95. The minimum atomic E-state index is -0.126. The zero-order valence-corrected chi connectivity index (χ0v) is 12.1. The van der Waals surface area contributed by atoms with E-state index in [9.17, 15) is 9.59 Å². The minimum absolute atomic E-state index is 0.0346. The van der Waals surface area contributed by atoms with Crippen molar-refractivity contribution in [3.8, 4) is 0 Å². The van der Waals surface area contributed by atoms with Crippen LogP contribution >= 0.6 is 0 Å². The first kappa shape index (κ1) is 14.2. The van der Waals surface area contributed by atoms with Gasteiger partial charge in [0.05, 0.1) is 6.42 Å². The SMILES string of the molecule is NCCN1CCC(N2C(=O)Cc3ccccc3C2=O)CC1. The van der Waals surface area contributed by atoms with Crippen molar-refractivity contribution in [2.75, 3.05) is 26.2 Å². The zero-order valence-electron chi connectivity index (χ0n) is 12.1. The highest BCUT2D eigenvalue weighted by Crippen LogP contribution is 2.25. The van der Waals surface area contributed by atoms with Gasteiger partial charge in [-0.1, -0.05) is 18.2 Å². The van der Waals surface area contributed by atoms with Gasteiger partial charge in [0.2, 0.25) is 5.91 Å². The predicted octanol–water partition coefficient (Wildman–Crippen LogP) is 0.635. The number of piperidine rings is 1. The first-order chi connectivity index (χ1) is 10.2. The summed E-state index contributed by atoms with van der Waals surface area (Å²) in [7, 11) is 0. The van der Waals surface area contributed by atoms with Crippen LogP contribution in [0, 0.1) is 0 Å². The smallest absolute Gasteiger partial charge is 0.261 e. The number of hydrogen-bond acceptors (Lipinski definition) is 4. The third kappa shape index (κ3) is 2.71. The number of benzene rings is 1. The average molecular weight is 287 g/mol. The molecule has 0 atom stereocenters. The van der Waals surface area contributed by atoms with Crippen LogP contribution in [-0.2, 0) is 11.2 Å². The molecule has 0 aromatic heterocycles. The van der Waals surface area contributed by atoms with Gasteiger partial charge >= 0.3 is 0 Å². The molecular formula is C16H21N3O2. The maximum atomic E-state index is 12.6. The Morgan fingerprint density at radius 2 is 1.86 bits per heavy atom. The van der Waals surface area contributed by atoms with Gasteiger partial charge in [-0.05, 0) is 24.5 Å². The summed E-state index contributed by atoms with van der Waals surface area (Å²) >= 11 is 0. The first-order valence-corrected chi connectivity index (χ1v) is 7.57. The predicted molar refractivity (Wildman–Crippen MR) is 79.8 cm³/mol. The molecule has 5 heteroatoms. The molecule has 0 bridgehead atoms. The summed E-state index contributed by atoms with van der Waals surface area (Å²) in [6.07, 6.45) is 2.03. The summed E-state index contributed by atoms with van der Waals surface area (Å²) in [6.45, 7) is 3.35. The first-order valence-electron chi connectivity index (χ1n) is 7.57. The van der Waals surface area contributed by atoms with Crippen molar-refractivity contribution < 1.29 is 9.59 Å². The molecule has 1 aromatic rings. The maximum Gasteiger partial charge on any atom is 0.261 e. The van der Waals surface area contributed by atoms with Gasteiger partial charge in [-0.25, -0.2) is 0 Å². The number of imide groups is 1. The molecule has 2 N–H and O–H groups in total. The lowest BCUT2D eigenvalue weighted by Gasteiger charge is -2.39. The van der Waals surface area contributed by atoms with E-state index >= 15 is 0 Å². The summed E-state index contributed by atoms with van der Waals surface area (Å²) in [5.74, 6) is -0.185. The third-order valence-corrected chi connectivity index (χ3v) is 4.44. The molecule has 21 heavy (non-hydrogen) atoms. The third-order valence-electron chi connectivity index (χ3n) is 4.44. The summed E-state index contributed by atoms with van der Waals surface area (Å²) in [4.78, 5) is 28.7. The van der Waals surface area contributed by atoms with Crippen molar-refractivity contribution in [3.05, 3.63) is 35.4 Å². The van der Waals surface area contributed by atoms with Gasteiger partial charge in [0.25, 0.3) is 5.91 Å². The minimum Gasteiger partial charge on any atom is -0.329 e. The lowest BCUT2D eigenvalue weighted by atomic mass is 9.94. The molecule has 5 nitrogen and oxygen atoms in total. The number of amides is 2. The molecule has 2 amide bonds. The van der Waals surface area contributed by atoms with Gasteiger partial charge in [-0.3, -0.25) is 14.5 Å². The molecule has 3 rings (SSSR count). The summed E-state index contributed by atoms with van der Waals surface area (Å²) in [5, 5.41) is 0. The summed E-state index contributed by atoms with van der Waals surface area (Å²) < 4.78 is 0. The van der Waals surface area contributed by atoms with Crippen LogP contribution in [0.4, 0.5) is 0 Å². The van der Waals surface area contributed by atoms with E-state index in [2.05, 4.69) is 4.90 Å². The Kier molecular flexibility index (Phi) is 4.03. The Labute approximate surface area is 124 Å². The average Bonchev–Trinajstić information content (AvgIpc) is 2.49. The molecule has 0 unspecified atom stereocenters. The van der Waals surface area contributed by atoms with Gasteiger partial charge in [-0.2, -0.15) is 0 Å². The Hall–Kier alpha value is -1.72. The normalized spacial score (nSPS) is 20.7. The monoisotopic (exact) mass is 287 g/mol. The van der Waals surface area contributed by atoms with Crippen LogP contribution in [0.15, 0.2) is 24.3 Å². The lowest BCUT2D eigenvalue weighted by molar-refractivity contribution is -0.131. The zero-order chi connectivity index (χ0) is 14.8. The molecule has 0 aliphatic carbocycles. The van der Waals surface area contributed by atoms with E-state index in [1.165, 1.54) is 4.90 Å². The second-order valence-corrected chi connectivity index (χ2v) is 5.76. The second-order valence-electron chi connectivity index (χ2n) is 5.76. The van der Waals surface area contributed by atoms with Crippen molar-refractivity contribution >= 4 is 11.8 Å². The number of fused-ring (bicyclic) bond motifs is 1. The van der Waals surface area contributed by atoms with Crippen LogP contribution in [0.5, 0.6) is 0 Å². The van der Waals surface area contributed by atoms with Crippen LogP contribution in [-0.4, -0.2) is 53.8 Å². The van der Waals surface area contributed by atoms with E-state index in [-0.39, 0.29) is 17.9 Å². The molecule has 0 radical (unpaired) electrons. The van der Waals surface area contributed by atoms with Crippen LogP contribution in [0.25, 0.3) is 0 Å². The van der Waals surface area contributed by atoms with E-state index in [0.717, 1.165) is 38.0 Å². The van der Waals surface area contributed by atoms with Crippen LogP contribution in [0.1, 0.15) is 28.8 Å². The largest absolute Gasteiger partial charge is 0.329 e. The van der Waals surface area contributed by atoms with Crippen LogP contribution in [0.2, 0.25) is 0 Å². The number of hydrogen-bond donors (Lipinski definition) is 1. The fourth-order valence-electron chi connectivity index (χ4n) is 3.33. The highest BCUT2D eigenvalue weighted by Gasteiger charge is 2.36. The lowest BCUT2D eigenvalue weighted by Crippen LogP contribution is -2.52. The molecule has 0 saturated carbocycles. The topological polar surface area (TPSA) is 66.6 Å². The standard InChI is InChI=1S/C16H21N3O2/c17-7-10-18-8-5-13(6-9-18)19-15(20)11-12-3-1-2-4-14(12)16(19)21/h1-4,13H,5-11,17H2. The highest BCUT2D eigenvalue weighted by molar-refractivity contribution is 6.09. The molecule has 2 aliphatic rings. The van der Waals surface area contributed by atoms with Crippen molar-refractivity contribution in [1.29, 1.82) is 0 Å². The fraction of sp³-hybridized carbons (Fsp3) is 0.500. The van der Waals surface area contributed by atoms with Crippen molar-refractivity contribution in [1.82, 2.24) is 9.80 Å². The van der Waals surface area contributed by atoms with E-state index in [1.807, 2.05) is 24.3 Å². The summed E-state index contributed by atoms with van der Waals surface area (Å²) in [6, 6.07) is 7.45. The van der Waals surface area contributed by atoms with Crippen molar-refractivity contribution in [2.45, 2.75) is 25.3 Å². The Morgan fingerprint density at radius 1 is 1.14 bits per heavy atom. The molecule has 1 aromatic carbocycles. The van der Waals surface area contributed by atoms with E-state index in [1.54, 1.807) is 0 Å². The quantitative estimate of drug-likeness (QED) is 0.828. The van der Waals surface area contributed by atoms with Crippen molar-refractivity contribution in [3.63, 3.8) is 0 Å². The van der Waals surface area contributed by atoms with Gasteiger partial charge in [0.15, 0.2) is 0 Å². The Bertz CT molecular complexity index is 550. The number of likely N-dealkylation sites (tertiary alicyclic amines) is 1. The number of rotatable bonds is 3. The van der Waals surface area contributed by atoms with Gasteiger partial charge in [0, 0.05) is 37.8 Å². The van der Waals surface area contributed by atoms with Crippen LogP contribution in [0.3, 0.4) is 0 Å². The summed E-state index contributed by atoms with van der Waals surface area (Å²) in [5.41, 5.74) is 7.11. The molecule has 2 aliphatic heterocycles. The molecule has 2 heterocycles. The molecular weight excluding hydrogens is 266 g/mol. The van der Waals surface area contributed by atoms with Gasteiger partial charge in [0.1, 0.15) is 0 Å². The van der Waals surface area contributed by atoms with E-state index in [0.29, 0.717) is 18.5 Å². The van der Waals surface area contributed by atoms with Gasteiger partial charge in [-0.15, -0.1) is 0 Å². The highest BCUT2D eigenvalue weighted by atomic mass is 16.2. The van der Waals surface area contributed by atoms with Gasteiger partial charge < -0.3 is 10.6 Å². The number of nitrogens with zero attached hydrogens (tertiary/aromatic N) is 2. The van der Waals surface area contributed by atoms with E-state index < -0.39 is 0 Å². The van der Waals surface area contributed by atoms with Crippen LogP contribution < -0.4 is 5.73 Å².